The molecule has 1 aromatic heterocycles. The second-order valence-corrected chi connectivity index (χ2v) is 4.15. The Kier molecular flexibility index (Phi) is 5.78. The number of hydrogen-bond acceptors (Lipinski definition) is 5. The first-order chi connectivity index (χ1) is 9.06. The van der Waals surface area contributed by atoms with Gasteiger partial charge in [0.1, 0.15) is 5.69 Å². The molecule has 0 saturated carbocycles. The second-order valence-electron chi connectivity index (χ2n) is 4.15. The van der Waals surface area contributed by atoms with Gasteiger partial charge in [0.05, 0.1) is 13.5 Å². The molecule has 0 aliphatic carbocycles. The van der Waals surface area contributed by atoms with Crippen LogP contribution in [0.1, 0.15) is 36.7 Å². The molecule has 6 nitrogen and oxygen atoms in total. The fourth-order valence-corrected chi connectivity index (χ4v) is 1.76. The van der Waals surface area contributed by atoms with Crippen molar-refractivity contribution in [2.75, 3.05) is 12.4 Å². The van der Waals surface area contributed by atoms with Crippen LogP contribution in [-0.4, -0.2) is 35.2 Å². The Morgan fingerprint density at radius 3 is 2.84 bits per heavy atom. The van der Waals surface area contributed by atoms with E-state index >= 15 is 0 Å². The maximum Gasteiger partial charge on any atom is 0.356 e. The average molecular weight is 266 g/mol. The average Bonchev–Trinajstić information content (AvgIpc) is 2.37. The van der Waals surface area contributed by atoms with E-state index in [1.54, 1.807) is 12.1 Å². The van der Waals surface area contributed by atoms with Gasteiger partial charge in [-0.25, -0.2) is 9.78 Å². The number of aromatic nitrogens is 1. The van der Waals surface area contributed by atoms with Crippen LogP contribution < -0.4 is 5.32 Å². The molecule has 0 amide bonds. The van der Waals surface area contributed by atoms with Gasteiger partial charge in [-0.3, -0.25) is 4.79 Å². The Labute approximate surface area is 111 Å². The lowest BCUT2D eigenvalue weighted by Gasteiger charge is -2.17. The van der Waals surface area contributed by atoms with Crippen molar-refractivity contribution in [1.29, 1.82) is 0 Å². The zero-order valence-electron chi connectivity index (χ0n) is 11.0. The third kappa shape index (κ3) is 4.95. The minimum absolute atomic E-state index is 0.0315. The molecule has 0 aliphatic rings. The summed E-state index contributed by atoms with van der Waals surface area (Å²) in [5, 5.41) is 11.9. The number of carboxylic acid groups (broad SMARTS) is 1. The van der Waals surface area contributed by atoms with Gasteiger partial charge in [-0.05, 0) is 18.6 Å². The van der Waals surface area contributed by atoms with Crippen LogP contribution in [0.4, 0.5) is 5.69 Å². The lowest BCUT2D eigenvalue weighted by molar-refractivity contribution is -0.137. The molecule has 1 aromatic rings. The van der Waals surface area contributed by atoms with Crippen LogP contribution in [0.15, 0.2) is 18.3 Å². The number of carbonyl (C=O) groups is 2. The number of ether oxygens (including phenoxy) is 1. The number of methoxy groups -OCH3 is 1. The predicted octanol–water partition coefficient (Wildman–Crippen LogP) is 1.92. The minimum atomic E-state index is -0.854. The summed E-state index contributed by atoms with van der Waals surface area (Å²) in [5.41, 5.74) is 0.855. The highest BCUT2D eigenvalue weighted by Crippen LogP contribution is 2.14. The number of pyridine rings is 1. The standard InChI is InChI=1S/C13H18N2O4/c1-3-4-9(8-12(16)17)15-10-5-6-14-11(7-10)13(18)19-2/h5-7,9H,3-4,8H2,1-2H3,(H,14,15)(H,16,17). The van der Waals surface area contributed by atoms with E-state index in [-0.39, 0.29) is 18.2 Å². The summed E-state index contributed by atoms with van der Waals surface area (Å²) in [6, 6.07) is 3.07. The zero-order valence-corrected chi connectivity index (χ0v) is 11.0. The topological polar surface area (TPSA) is 88.5 Å². The molecule has 0 saturated heterocycles. The number of nitrogens with one attached hydrogen (secondary N) is 1. The highest BCUT2D eigenvalue weighted by atomic mass is 16.5. The Bertz CT molecular complexity index is 448. The van der Waals surface area contributed by atoms with Gasteiger partial charge in [0.2, 0.25) is 0 Å². The van der Waals surface area contributed by atoms with Gasteiger partial charge in [-0.1, -0.05) is 13.3 Å². The quantitative estimate of drug-likeness (QED) is 0.733. The number of hydrogen-bond donors (Lipinski definition) is 2. The van der Waals surface area contributed by atoms with Crippen LogP contribution in [0.5, 0.6) is 0 Å². The van der Waals surface area contributed by atoms with Gasteiger partial charge in [-0.15, -0.1) is 0 Å². The van der Waals surface area contributed by atoms with E-state index in [0.29, 0.717) is 5.69 Å². The SMILES string of the molecule is CCCC(CC(=O)O)Nc1ccnc(C(=O)OC)c1. The minimum Gasteiger partial charge on any atom is -0.481 e. The van der Waals surface area contributed by atoms with E-state index in [1.807, 2.05) is 6.92 Å². The van der Waals surface area contributed by atoms with E-state index < -0.39 is 11.9 Å². The van der Waals surface area contributed by atoms with Crippen LogP contribution in [0.25, 0.3) is 0 Å². The maximum atomic E-state index is 11.3. The van der Waals surface area contributed by atoms with E-state index in [2.05, 4.69) is 15.0 Å². The van der Waals surface area contributed by atoms with Crippen molar-refractivity contribution in [1.82, 2.24) is 4.98 Å². The normalized spacial score (nSPS) is 11.7. The van der Waals surface area contributed by atoms with E-state index in [9.17, 15) is 9.59 Å². The summed E-state index contributed by atoms with van der Waals surface area (Å²) in [6.45, 7) is 1.99. The first-order valence-corrected chi connectivity index (χ1v) is 6.09. The van der Waals surface area contributed by atoms with Crippen molar-refractivity contribution in [2.24, 2.45) is 0 Å². The summed E-state index contributed by atoms with van der Waals surface area (Å²) in [5.74, 6) is -1.37. The highest BCUT2D eigenvalue weighted by Gasteiger charge is 2.13. The zero-order chi connectivity index (χ0) is 14.3. The molecule has 1 unspecified atom stereocenters. The molecule has 0 radical (unpaired) electrons. The fraction of sp³-hybridized carbons (Fsp3) is 0.462. The van der Waals surface area contributed by atoms with Gasteiger partial charge in [0, 0.05) is 17.9 Å². The molecule has 0 bridgehead atoms. The Morgan fingerprint density at radius 2 is 2.26 bits per heavy atom. The lowest BCUT2D eigenvalue weighted by Crippen LogP contribution is -2.23. The van der Waals surface area contributed by atoms with Crippen molar-refractivity contribution < 1.29 is 19.4 Å². The van der Waals surface area contributed by atoms with E-state index in [0.717, 1.165) is 12.8 Å². The maximum absolute atomic E-state index is 11.3. The molecule has 104 valence electrons. The Balaban J connectivity index is 2.78. The number of aliphatic carboxylic acids is 1. The summed E-state index contributed by atoms with van der Waals surface area (Å²) in [6.07, 6.45) is 3.13. The number of carboxylic acids is 1. The smallest absolute Gasteiger partial charge is 0.356 e. The molecule has 0 fully saturated rings. The van der Waals surface area contributed by atoms with Gasteiger partial charge in [0.15, 0.2) is 0 Å². The van der Waals surface area contributed by atoms with Crippen molar-refractivity contribution in [2.45, 2.75) is 32.2 Å². The number of carbonyl (C=O) groups excluding carboxylic acids is 1. The molecule has 0 aromatic carbocycles. The predicted molar refractivity (Wildman–Crippen MR) is 70.1 cm³/mol. The molecule has 6 heteroatoms. The van der Waals surface area contributed by atoms with E-state index in [4.69, 9.17) is 5.11 Å². The summed E-state index contributed by atoms with van der Waals surface area (Å²) >= 11 is 0. The Morgan fingerprint density at radius 1 is 1.53 bits per heavy atom. The molecular weight excluding hydrogens is 248 g/mol. The first kappa shape index (κ1) is 14.9. The second kappa shape index (κ2) is 7.35. The molecule has 1 heterocycles. The van der Waals surface area contributed by atoms with Crippen LogP contribution in [0.3, 0.4) is 0 Å². The van der Waals surface area contributed by atoms with Crippen molar-refractivity contribution in [3.8, 4) is 0 Å². The Hall–Kier alpha value is -2.11. The van der Waals surface area contributed by atoms with Crippen molar-refractivity contribution in [3.05, 3.63) is 24.0 Å². The number of anilines is 1. The molecule has 1 rings (SSSR count). The molecule has 2 N–H and O–H groups in total. The third-order valence-electron chi connectivity index (χ3n) is 2.58. The number of esters is 1. The monoisotopic (exact) mass is 266 g/mol. The van der Waals surface area contributed by atoms with Crippen molar-refractivity contribution in [3.63, 3.8) is 0 Å². The van der Waals surface area contributed by atoms with Gasteiger partial charge in [-0.2, -0.15) is 0 Å². The van der Waals surface area contributed by atoms with Crippen LogP contribution in [0, 0.1) is 0 Å². The summed E-state index contributed by atoms with van der Waals surface area (Å²) in [7, 11) is 1.29. The first-order valence-electron chi connectivity index (χ1n) is 6.09. The van der Waals surface area contributed by atoms with Gasteiger partial charge in [0.25, 0.3) is 0 Å². The van der Waals surface area contributed by atoms with Crippen molar-refractivity contribution >= 4 is 17.6 Å². The summed E-state index contributed by atoms with van der Waals surface area (Å²) in [4.78, 5) is 26.0. The number of nitrogens with zero attached hydrogens (tertiary/aromatic N) is 1. The molecule has 19 heavy (non-hydrogen) atoms. The van der Waals surface area contributed by atoms with Crippen LogP contribution >= 0.6 is 0 Å². The fourth-order valence-electron chi connectivity index (χ4n) is 1.76. The number of rotatable bonds is 7. The molecule has 0 spiro atoms. The highest BCUT2D eigenvalue weighted by molar-refractivity contribution is 5.88. The van der Waals surface area contributed by atoms with Crippen LogP contribution in [-0.2, 0) is 9.53 Å². The molecule has 1 atom stereocenters. The molecular formula is C13H18N2O4. The largest absolute Gasteiger partial charge is 0.481 e. The lowest BCUT2D eigenvalue weighted by atomic mass is 10.1. The molecule has 0 aliphatic heterocycles. The van der Waals surface area contributed by atoms with Gasteiger partial charge >= 0.3 is 11.9 Å². The third-order valence-corrected chi connectivity index (χ3v) is 2.58. The van der Waals surface area contributed by atoms with E-state index in [1.165, 1.54) is 13.3 Å². The van der Waals surface area contributed by atoms with Crippen LogP contribution in [0.2, 0.25) is 0 Å². The summed E-state index contributed by atoms with van der Waals surface area (Å²) < 4.78 is 4.58. The van der Waals surface area contributed by atoms with Gasteiger partial charge < -0.3 is 15.2 Å².